The van der Waals surface area contributed by atoms with Gasteiger partial charge in [0.25, 0.3) is 0 Å². The molecule has 0 bridgehead atoms. The van der Waals surface area contributed by atoms with Crippen molar-refractivity contribution < 1.29 is 14.3 Å². The van der Waals surface area contributed by atoms with Crippen molar-refractivity contribution in [1.29, 1.82) is 0 Å². The summed E-state index contributed by atoms with van der Waals surface area (Å²) in [5.74, 6) is 0.153. The summed E-state index contributed by atoms with van der Waals surface area (Å²) in [6.07, 6.45) is 2.68. The Kier molecular flexibility index (Phi) is 5.78. The average molecular weight is 428 g/mol. The number of thiazole rings is 1. The second kappa shape index (κ2) is 8.63. The number of carbonyl (C=O) groups is 2. The molecule has 3 aromatic rings. The summed E-state index contributed by atoms with van der Waals surface area (Å²) < 4.78 is 5.60. The van der Waals surface area contributed by atoms with Gasteiger partial charge in [-0.1, -0.05) is 35.9 Å². The molecular weight excluding hydrogens is 410 g/mol. The zero-order valence-corrected chi connectivity index (χ0v) is 17.0. The third kappa shape index (κ3) is 4.75. The van der Waals surface area contributed by atoms with Gasteiger partial charge >= 0.3 is 0 Å². The molecule has 1 aliphatic heterocycles. The summed E-state index contributed by atoms with van der Waals surface area (Å²) in [7, 11) is 0. The Morgan fingerprint density at radius 3 is 2.83 bits per heavy atom. The van der Waals surface area contributed by atoms with E-state index >= 15 is 0 Å². The molecule has 4 rings (SSSR count). The first-order valence-electron chi connectivity index (χ1n) is 9.10. The molecule has 29 heavy (non-hydrogen) atoms. The summed E-state index contributed by atoms with van der Waals surface area (Å²) in [5, 5.41) is 3.99. The van der Waals surface area contributed by atoms with Crippen LogP contribution in [0.4, 0.5) is 10.8 Å². The molecule has 1 N–H and O–H groups in total. The first-order chi connectivity index (χ1) is 14.1. The fourth-order valence-electron chi connectivity index (χ4n) is 3.05. The Morgan fingerprint density at radius 2 is 2.00 bits per heavy atom. The number of benzene rings is 2. The Balaban J connectivity index is 1.41. The van der Waals surface area contributed by atoms with Gasteiger partial charge in [0.05, 0.1) is 18.7 Å². The number of anilines is 2. The Hall–Kier alpha value is -2.90. The molecule has 0 atom stereocenters. The second-order valence-electron chi connectivity index (χ2n) is 6.53. The lowest BCUT2D eigenvalue weighted by Gasteiger charge is -2.20. The van der Waals surface area contributed by atoms with E-state index in [0.717, 1.165) is 10.4 Å². The van der Waals surface area contributed by atoms with Gasteiger partial charge in [-0.2, -0.15) is 0 Å². The van der Waals surface area contributed by atoms with Crippen LogP contribution in [0.3, 0.4) is 0 Å². The van der Waals surface area contributed by atoms with Gasteiger partial charge in [0.1, 0.15) is 12.3 Å². The summed E-state index contributed by atoms with van der Waals surface area (Å²) in [5.41, 5.74) is 1.72. The number of nitrogens with one attached hydrogen (secondary N) is 1. The zero-order valence-electron chi connectivity index (χ0n) is 15.4. The Bertz CT molecular complexity index is 1040. The number of rotatable bonds is 5. The van der Waals surface area contributed by atoms with Crippen LogP contribution in [-0.2, 0) is 16.0 Å². The first kappa shape index (κ1) is 19.4. The molecule has 2 amide bonds. The van der Waals surface area contributed by atoms with Crippen LogP contribution in [0.15, 0.2) is 54.7 Å². The molecule has 148 valence electrons. The topological polar surface area (TPSA) is 71.5 Å². The maximum Gasteiger partial charge on any atom is 0.246 e. The molecule has 2 heterocycles. The van der Waals surface area contributed by atoms with E-state index in [2.05, 4.69) is 10.3 Å². The molecule has 0 aliphatic carbocycles. The van der Waals surface area contributed by atoms with Gasteiger partial charge < -0.3 is 10.1 Å². The number of halogens is 1. The average Bonchev–Trinajstić information content (AvgIpc) is 3.08. The number of fused-ring (bicyclic) bond motifs is 1. The highest BCUT2D eigenvalue weighted by atomic mass is 35.5. The second-order valence-corrected chi connectivity index (χ2v) is 8.08. The molecule has 1 aromatic heterocycles. The van der Waals surface area contributed by atoms with Crippen LogP contribution in [0.25, 0.3) is 0 Å². The molecule has 8 heteroatoms. The third-order valence-corrected chi connectivity index (χ3v) is 5.59. The van der Waals surface area contributed by atoms with Crippen LogP contribution in [0, 0.1) is 0 Å². The molecule has 0 saturated carbocycles. The number of hydrogen-bond acceptors (Lipinski definition) is 5. The van der Waals surface area contributed by atoms with E-state index < -0.39 is 0 Å². The monoisotopic (exact) mass is 427 g/mol. The number of amides is 2. The summed E-state index contributed by atoms with van der Waals surface area (Å²) in [6, 6.07) is 14.8. The smallest absolute Gasteiger partial charge is 0.246 e. The fraction of sp³-hybridized carbons (Fsp3) is 0.190. The highest BCUT2D eigenvalue weighted by molar-refractivity contribution is 7.15. The largest absolute Gasteiger partial charge is 0.491 e. The number of aromatic nitrogens is 1. The van der Waals surface area contributed by atoms with E-state index in [1.807, 2.05) is 36.4 Å². The van der Waals surface area contributed by atoms with Crippen LogP contribution in [-0.4, -0.2) is 29.9 Å². The molecule has 0 unspecified atom stereocenters. The SMILES string of the molecule is O=C(CN1C(=O)CCOc2ccccc21)Nc1ncc(Cc2ccc(Cl)cc2)s1. The van der Waals surface area contributed by atoms with E-state index in [0.29, 0.717) is 34.6 Å². The molecule has 1 aliphatic rings. The minimum Gasteiger partial charge on any atom is -0.491 e. The van der Waals surface area contributed by atoms with Crippen molar-refractivity contribution in [3.8, 4) is 5.75 Å². The molecular formula is C21H18ClN3O3S. The Morgan fingerprint density at radius 1 is 1.21 bits per heavy atom. The molecule has 0 fully saturated rings. The lowest BCUT2D eigenvalue weighted by Crippen LogP contribution is -2.37. The zero-order chi connectivity index (χ0) is 20.2. The molecule has 6 nitrogen and oxygen atoms in total. The van der Waals surface area contributed by atoms with Crippen LogP contribution >= 0.6 is 22.9 Å². The molecule has 0 spiro atoms. The van der Waals surface area contributed by atoms with Crippen molar-refractivity contribution in [2.75, 3.05) is 23.4 Å². The van der Waals surface area contributed by atoms with Crippen molar-refractivity contribution in [3.63, 3.8) is 0 Å². The van der Waals surface area contributed by atoms with Gasteiger partial charge in [0, 0.05) is 22.5 Å². The first-order valence-corrected chi connectivity index (χ1v) is 10.3. The van der Waals surface area contributed by atoms with Gasteiger partial charge in [-0.15, -0.1) is 11.3 Å². The van der Waals surface area contributed by atoms with Crippen LogP contribution in [0.5, 0.6) is 5.75 Å². The summed E-state index contributed by atoms with van der Waals surface area (Å²) >= 11 is 7.32. The maximum atomic E-state index is 12.6. The van der Waals surface area contributed by atoms with Gasteiger partial charge in [-0.25, -0.2) is 4.98 Å². The van der Waals surface area contributed by atoms with Crippen molar-refractivity contribution in [2.45, 2.75) is 12.8 Å². The maximum absolute atomic E-state index is 12.6. The van der Waals surface area contributed by atoms with E-state index in [-0.39, 0.29) is 24.8 Å². The van der Waals surface area contributed by atoms with Crippen LogP contribution < -0.4 is 15.0 Å². The summed E-state index contributed by atoms with van der Waals surface area (Å²) in [6.45, 7) is 0.208. The quantitative estimate of drug-likeness (QED) is 0.664. The van der Waals surface area contributed by atoms with E-state index in [9.17, 15) is 9.59 Å². The highest BCUT2D eigenvalue weighted by Crippen LogP contribution is 2.31. The van der Waals surface area contributed by atoms with Crippen molar-refractivity contribution in [2.24, 2.45) is 0 Å². The van der Waals surface area contributed by atoms with Gasteiger partial charge in [0.2, 0.25) is 11.8 Å². The third-order valence-electron chi connectivity index (χ3n) is 4.42. The van der Waals surface area contributed by atoms with Crippen molar-refractivity contribution in [1.82, 2.24) is 4.98 Å². The van der Waals surface area contributed by atoms with Gasteiger partial charge in [0.15, 0.2) is 5.13 Å². The lowest BCUT2D eigenvalue weighted by atomic mass is 10.1. The number of carbonyl (C=O) groups excluding carboxylic acids is 2. The molecule has 0 saturated heterocycles. The predicted molar refractivity (Wildman–Crippen MR) is 114 cm³/mol. The molecule has 2 aromatic carbocycles. The van der Waals surface area contributed by atoms with Crippen molar-refractivity contribution in [3.05, 3.63) is 70.2 Å². The summed E-state index contributed by atoms with van der Waals surface area (Å²) in [4.78, 5) is 31.8. The van der Waals surface area contributed by atoms with E-state index in [1.165, 1.54) is 16.2 Å². The number of ether oxygens (including phenoxy) is 1. The van der Waals surface area contributed by atoms with Crippen LogP contribution in [0.2, 0.25) is 5.02 Å². The lowest BCUT2D eigenvalue weighted by molar-refractivity contribution is -0.121. The van der Waals surface area contributed by atoms with Crippen LogP contribution in [0.1, 0.15) is 16.9 Å². The number of nitrogens with zero attached hydrogens (tertiary/aromatic N) is 2. The standard InChI is InChI=1S/C21H18ClN3O3S/c22-15-7-5-14(6-8-15)11-16-12-23-21(29-16)24-19(26)13-25-17-3-1-2-4-18(17)28-10-9-20(25)27/h1-8,12H,9-11,13H2,(H,23,24,26). The van der Waals surface area contributed by atoms with Crippen molar-refractivity contribution >= 4 is 45.6 Å². The highest BCUT2D eigenvalue weighted by Gasteiger charge is 2.25. The van der Waals surface area contributed by atoms with Gasteiger partial charge in [-0.05, 0) is 29.8 Å². The normalized spacial score (nSPS) is 13.4. The minimum absolute atomic E-state index is 0.0920. The fourth-order valence-corrected chi connectivity index (χ4v) is 4.03. The molecule has 0 radical (unpaired) electrons. The number of para-hydroxylation sites is 2. The predicted octanol–water partition coefficient (Wildman–Crippen LogP) is 4.14. The Labute approximate surface area is 177 Å². The number of hydrogen-bond donors (Lipinski definition) is 1. The van der Waals surface area contributed by atoms with E-state index in [4.69, 9.17) is 16.3 Å². The van der Waals surface area contributed by atoms with Gasteiger partial charge in [-0.3, -0.25) is 14.5 Å². The minimum atomic E-state index is -0.303. The van der Waals surface area contributed by atoms with E-state index in [1.54, 1.807) is 18.3 Å².